The molecular formula is C24H21N3O4S. The van der Waals surface area contributed by atoms with Crippen molar-refractivity contribution in [2.45, 2.75) is 24.1 Å². The minimum atomic E-state index is -0.459. The average molecular weight is 448 g/mol. The molecule has 1 aliphatic rings. The number of hydrogen-bond donors (Lipinski definition) is 2. The van der Waals surface area contributed by atoms with Crippen LogP contribution in [0.25, 0.3) is 0 Å². The van der Waals surface area contributed by atoms with Crippen LogP contribution in [0.5, 0.6) is 11.5 Å². The summed E-state index contributed by atoms with van der Waals surface area (Å²) in [6.45, 7) is 0.396. The third-order valence-electron chi connectivity index (χ3n) is 5.05. The predicted molar refractivity (Wildman–Crippen MR) is 123 cm³/mol. The molecule has 162 valence electrons. The van der Waals surface area contributed by atoms with Gasteiger partial charge in [-0.05, 0) is 23.3 Å². The van der Waals surface area contributed by atoms with Crippen LogP contribution >= 0.6 is 11.8 Å². The van der Waals surface area contributed by atoms with Gasteiger partial charge in [-0.25, -0.2) is 4.98 Å². The average Bonchev–Trinajstić information content (AvgIpc) is 2.81. The van der Waals surface area contributed by atoms with Gasteiger partial charge in [-0.15, -0.1) is 6.42 Å². The third-order valence-corrected chi connectivity index (χ3v) is 5.83. The smallest absolute Gasteiger partial charge is 0.257 e. The van der Waals surface area contributed by atoms with Crippen molar-refractivity contribution in [1.82, 2.24) is 9.97 Å². The summed E-state index contributed by atoms with van der Waals surface area (Å²) in [5.74, 6) is 3.54. The van der Waals surface area contributed by atoms with Crippen molar-refractivity contribution in [2.24, 2.45) is 0 Å². The van der Waals surface area contributed by atoms with E-state index in [1.165, 1.54) is 11.8 Å². The van der Waals surface area contributed by atoms with Crippen LogP contribution in [0.1, 0.15) is 29.0 Å². The fourth-order valence-corrected chi connectivity index (χ4v) is 4.11. The van der Waals surface area contributed by atoms with E-state index in [9.17, 15) is 9.59 Å². The number of anilines is 1. The van der Waals surface area contributed by atoms with Gasteiger partial charge in [0.25, 0.3) is 5.56 Å². The Morgan fingerprint density at radius 2 is 2.00 bits per heavy atom. The minimum absolute atomic E-state index is 0.127. The lowest BCUT2D eigenvalue weighted by Crippen LogP contribution is -2.31. The molecule has 32 heavy (non-hydrogen) atoms. The van der Waals surface area contributed by atoms with Crippen LogP contribution in [-0.2, 0) is 11.4 Å². The molecule has 0 radical (unpaired) electrons. The van der Waals surface area contributed by atoms with Gasteiger partial charge in [0.05, 0.1) is 18.4 Å². The topological polar surface area (TPSA) is 93.3 Å². The zero-order valence-electron chi connectivity index (χ0n) is 17.4. The van der Waals surface area contributed by atoms with Crippen LogP contribution in [-0.4, -0.2) is 28.7 Å². The van der Waals surface area contributed by atoms with Gasteiger partial charge in [0.15, 0.2) is 16.7 Å². The Hall–Kier alpha value is -3.70. The van der Waals surface area contributed by atoms with Gasteiger partial charge in [-0.3, -0.25) is 9.59 Å². The Morgan fingerprint density at radius 3 is 2.75 bits per heavy atom. The fourth-order valence-electron chi connectivity index (χ4n) is 3.57. The third kappa shape index (κ3) is 4.63. The highest BCUT2D eigenvalue weighted by Gasteiger charge is 2.31. The number of nitrogens with one attached hydrogen (secondary N) is 2. The quantitative estimate of drug-likeness (QED) is 0.327. The Kier molecular flexibility index (Phi) is 6.47. The summed E-state index contributed by atoms with van der Waals surface area (Å²) in [6, 6.07) is 15.2. The Labute approximate surface area is 189 Å². The maximum atomic E-state index is 12.9. The zero-order valence-corrected chi connectivity index (χ0v) is 18.2. The van der Waals surface area contributed by atoms with Crippen LogP contribution in [0.2, 0.25) is 0 Å². The number of methoxy groups -OCH3 is 1. The van der Waals surface area contributed by atoms with E-state index in [1.54, 1.807) is 19.2 Å². The van der Waals surface area contributed by atoms with E-state index in [0.717, 1.165) is 11.1 Å². The minimum Gasteiger partial charge on any atom is -0.493 e. The summed E-state index contributed by atoms with van der Waals surface area (Å²) < 4.78 is 11.4. The SMILES string of the molecule is C#CCSc1nc2c(c(=O)[nH]1)C(c1ccc(OCc3ccccc3)c(OC)c1)CC(=O)N2. The monoisotopic (exact) mass is 447 g/mol. The van der Waals surface area contributed by atoms with Crippen LogP contribution in [0, 0.1) is 12.3 Å². The highest BCUT2D eigenvalue weighted by atomic mass is 32.2. The number of hydrogen-bond acceptors (Lipinski definition) is 6. The number of fused-ring (bicyclic) bond motifs is 1. The van der Waals surface area contributed by atoms with E-state index < -0.39 is 5.92 Å². The molecule has 0 fully saturated rings. The van der Waals surface area contributed by atoms with Crippen molar-refractivity contribution >= 4 is 23.5 Å². The first-order valence-corrected chi connectivity index (χ1v) is 10.9. The lowest BCUT2D eigenvalue weighted by molar-refractivity contribution is -0.116. The van der Waals surface area contributed by atoms with Gasteiger partial charge in [-0.1, -0.05) is 54.1 Å². The number of rotatable bonds is 7. The molecule has 1 atom stereocenters. The van der Waals surface area contributed by atoms with E-state index >= 15 is 0 Å². The molecule has 2 aromatic carbocycles. The van der Waals surface area contributed by atoms with Crippen molar-refractivity contribution in [2.75, 3.05) is 18.2 Å². The molecule has 8 heteroatoms. The van der Waals surface area contributed by atoms with E-state index in [1.807, 2.05) is 36.4 Å². The summed E-state index contributed by atoms with van der Waals surface area (Å²) in [4.78, 5) is 32.4. The van der Waals surface area contributed by atoms with Gasteiger partial charge in [-0.2, -0.15) is 0 Å². The molecule has 0 spiro atoms. The van der Waals surface area contributed by atoms with E-state index in [2.05, 4.69) is 21.2 Å². The molecule has 0 saturated heterocycles. The number of amides is 1. The van der Waals surface area contributed by atoms with Crippen LogP contribution in [0.4, 0.5) is 5.82 Å². The lowest BCUT2D eigenvalue weighted by atomic mass is 9.86. The Balaban J connectivity index is 1.64. The first-order valence-electron chi connectivity index (χ1n) is 9.94. The van der Waals surface area contributed by atoms with Gasteiger partial charge < -0.3 is 19.8 Å². The summed E-state index contributed by atoms with van der Waals surface area (Å²) in [5, 5.41) is 3.08. The summed E-state index contributed by atoms with van der Waals surface area (Å²) in [6.07, 6.45) is 5.41. The Morgan fingerprint density at radius 1 is 1.19 bits per heavy atom. The summed E-state index contributed by atoms with van der Waals surface area (Å²) >= 11 is 1.23. The number of carbonyl (C=O) groups is 1. The van der Waals surface area contributed by atoms with Crippen molar-refractivity contribution in [3.63, 3.8) is 0 Å². The van der Waals surface area contributed by atoms with Crippen LogP contribution in [0.3, 0.4) is 0 Å². The molecule has 0 bridgehead atoms. The molecule has 4 rings (SSSR count). The summed E-state index contributed by atoms with van der Waals surface area (Å²) in [7, 11) is 1.55. The van der Waals surface area contributed by atoms with E-state index in [4.69, 9.17) is 15.9 Å². The molecular weight excluding hydrogens is 426 g/mol. The number of benzene rings is 2. The standard InChI is InChI=1S/C24H21N3O4S/c1-3-11-32-24-26-22-21(23(29)27-24)17(13-20(28)25-22)16-9-10-18(19(12-16)30-2)31-14-15-7-5-4-6-8-15/h1,4-10,12,17H,11,13-14H2,2H3,(H2,25,26,27,28,29). The number of aromatic nitrogens is 2. The number of carbonyl (C=O) groups excluding carboxylic acids is 1. The van der Waals surface area contributed by atoms with Crippen molar-refractivity contribution in [3.05, 3.63) is 75.6 Å². The zero-order chi connectivity index (χ0) is 22.5. The van der Waals surface area contributed by atoms with Crippen LogP contribution in [0.15, 0.2) is 58.5 Å². The molecule has 1 amide bonds. The van der Waals surface area contributed by atoms with Gasteiger partial charge in [0.1, 0.15) is 12.4 Å². The second kappa shape index (κ2) is 9.62. The number of H-pyrrole nitrogens is 1. The molecule has 1 unspecified atom stereocenters. The first kappa shape index (κ1) is 21.5. The van der Waals surface area contributed by atoms with Crippen molar-refractivity contribution in [1.29, 1.82) is 0 Å². The second-order valence-corrected chi connectivity index (χ2v) is 8.08. The highest BCUT2D eigenvalue weighted by Crippen LogP contribution is 2.38. The molecule has 3 aromatic rings. The van der Waals surface area contributed by atoms with Gasteiger partial charge >= 0.3 is 0 Å². The normalized spacial score (nSPS) is 14.8. The van der Waals surface area contributed by atoms with E-state index in [0.29, 0.717) is 34.6 Å². The molecule has 0 aliphatic carbocycles. The molecule has 1 aliphatic heterocycles. The molecule has 1 aromatic heterocycles. The summed E-state index contributed by atoms with van der Waals surface area (Å²) in [5.41, 5.74) is 1.91. The van der Waals surface area contributed by atoms with Gasteiger partial charge in [0.2, 0.25) is 5.91 Å². The second-order valence-electron chi connectivity index (χ2n) is 7.12. The van der Waals surface area contributed by atoms with E-state index in [-0.39, 0.29) is 23.7 Å². The van der Waals surface area contributed by atoms with Crippen molar-refractivity contribution < 1.29 is 14.3 Å². The maximum Gasteiger partial charge on any atom is 0.257 e. The first-order chi connectivity index (χ1) is 15.6. The van der Waals surface area contributed by atoms with Gasteiger partial charge in [0, 0.05) is 12.3 Å². The molecule has 7 nitrogen and oxygen atoms in total. The number of ether oxygens (including phenoxy) is 2. The Bertz CT molecular complexity index is 1230. The number of nitrogens with zero attached hydrogens (tertiary/aromatic N) is 1. The maximum absolute atomic E-state index is 12.9. The number of aromatic amines is 1. The molecule has 0 saturated carbocycles. The fraction of sp³-hybridized carbons (Fsp3) is 0.208. The molecule has 2 heterocycles. The number of thioether (sulfide) groups is 1. The lowest BCUT2D eigenvalue weighted by Gasteiger charge is -2.25. The predicted octanol–water partition coefficient (Wildman–Crippen LogP) is 3.56. The molecule has 2 N–H and O–H groups in total. The highest BCUT2D eigenvalue weighted by molar-refractivity contribution is 7.99. The van der Waals surface area contributed by atoms with Crippen LogP contribution < -0.4 is 20.3 Å². The largest absolute Gasteiger partial charge is 0.493 e. The van der Waals surface area contributed by atoms with Crippen molar-refractivity contribution in [3.8, 4) is 23.8 Å². The number of terminal acetylenes is 1.